The van der Waals surface area contributed by atoms with Crippen LogP contribution in [0.5, 0.6) is 0 Å². The summed E-state index contributed by atoms with van der Waals surface area (Å²) in [4.78, 5) is 37.4. The summed E-state index contributed by atoms with van der Waals surface area (Å²) in [6.07, 6.45) is -0.108. The van der Waals surface area contributed by atoms with Crippen molar-refractivity contribution in [2.24, 2.45) is 0 Å². The van der Waals surface area contributed by atoms with Crippen LogP contribution in [-0.2, 0) is 14.3 Å². The van der Waals surface area contributed by atoms with E-state index in [0.717, 1.165) is 6.08 Å². The lowest BCUT2D eigenvalue weighted by molar-refractivity contribution is -0.150. The molecule has 0 aromatic heterocycles. The van der Waals surface area contributed by atoms with Gasteiger partial charge in [0.25, 0.3) is 11.8 Å². The molecule has 0 fully saturated rings. The first kappa shape index (κ1) is 22.8. The number of nitrogens with one attached hydrogen (secondary N) is 2. The Morgan fingerprint density at radius 3 is 2.33 bits per heavy atom. The molecule has 0 bridgehead atoms. The monoisotopic (exact) mass is 414 g/mol. The van der Waals surface area contributed by atoms with Crippen molar-refractivity contribution < 1.29 is 28.6 Å². The Kier molecular flexibility index (Phi) is 8.25. The molecule has 2 amide bonds. The van der Waals surface area contributed by atoms with Crippen molar-refractivity contribution >= 4 is 23.9 Å². The number of rotatable bonds is 8. The molecule has 0 aliphatic rings. The van der Waals surface area contributed by atoms with Gasteiger partial charge >= 0.3 is 5.97 Å². The number of amides is 2. The topological polar surface area (TPSA) is 105 Å². The van der Waals surface area contributed by atoms with Crippen LogP contribution < -0.4 is 10.6 Å². The van der Waals surface area contributed by atoms with E-state index in [0.29, 0.717) is 0 Å². The highest BCUT2D eigenvalue weighted by molar-refractivity contribution is 6.06. The Hall–Kier alpha value is -3.52. The normalized spacial score (nSPS) is 13.1. The molecule has 2 atom stereocenters. The summed E-state index contributed by atoms with van der Waals surface area (Å²) < 4.78 is 18.9. The fourth-order valence-electron chi connectivity index (χ4n) is 2.52. The lowest BCUT2D eigenvalue weighted by Crippen LogP contribution is -2.50. The van der Waals surface area contributed by atoms with Gasteiger partial charge in [-0.1, -0.05) is 36.4 Å². The summed E-state index contributed by atoms with van der Waals surface area (Å²) >= 11 is 0. The SMILES string of the molecule is CCOC(=O)[C@H](NC(=O)/C(=C\c1ccccc1F)NC(=O)c1ccccc1)[C@H](C)O. The fraction of sp³-hybridized carbons (Fsp3) is 0.227. The number of benzene rings is 2. The summed E-state index contributed by atoms with van der Waals surface area (Å²) in [5.74, 6) is -2.92. The summed E-state index contributed by atoms with van der Waals surface area (Å²) in [7, 11) is 0. The van der Waals surface area contributed by atoms with E-state index in [1.165, 1.54) is 25.1 Å². The largest absolute Gasteiger partial charge is 0.464 e. The lowest BCUT2D eigenvalue weighted by atomic mass is 10.1. The van der Waals surface area contributed by atoms with E-state index in [9.17, 15) is 23.9 Å². The van der Waals surface area contributed by atoms with Crippen LogP contribution in [0.15, 0.2) is 60.3 Å². The molecule has 7 nitrogen and oxygen atoms in total. The van der Waals surface area contributed by atoms with Crippen LogP contribution in [0, 0.1) is 5.82 Å². The molecule has 0 unspecified atom stereocenters. The predicted octanol–water partition coefficient (Wildman–Crippen LogP) is 2.03. The maximum atomic E-state index is 14.1. The quantitative estimate of drug-likeness (QED) is 0.453. The Balaban J connectivity index is 2.34. The second kappa shape index (κ2) is 10.9. The molecule has 2 aromatic rings. The molecule has 0 saturated heterocycles. The molecule has 0 heterocycles. The molecule has 3 N–H and O–H groups in total. The van der Waals surface area contributed by atoms with Gasteiger partial charge in [-0.05, 0) is 38.1 Å². The summed E-state index contributed by atoms with van der Waals surface area (Å²) in [5, 5.41) is 14.6. The number of aliphatic hydroxyl groups excluding tert-OH is 1. The van der Waals surface area contributed by atoms with E-state index < -0.39 is 35.7 Å². The van der Waals surface area contributed by atoms with Crippen molar-refractivity contribution in [2.75, 3.05) is 6.61 Å². The minimum absolute atomic E-state index is 0.0561. The van der Waals surface area contributed by atoms with Crippen LogP contribution in [0.3, 0.4) is 0 Å². The van der Waals surface area contributed by atoms with Crippen molar-refractivity contribution in [1.82, 2.24) is 10.6 Å². The van der Waals surface area contributed by atoms with Gasteiger partial charge in [-0.2, -0.15) is 0 Å². The van der Waals surface area contributed by atoms with Crippen molar-refractivity contribution in [3.05, 3.63) is 77.2 Å². The molecule has 158 valence electrons. The van der Waals surface area contributed by atoms with E-state index in [-0.39, 0.29) is 23.4 Å². The third kappa shape index (κ3) is 6.25. The third-order valence-corrected chi connectivity index (χ3v) is 4.04. The Morgan fingerprint density at radius 2 is 1.73 bits per heavy atom. The average molecular weight is 414 g/mol. The Labute approximate surface area is 173 Å². The smallest absolute Gasteiger partial charge is 0.331 e. The van der Waals surface area contributed by atoms with Gasteiger partial charge in [-0.25, -0.2) is 9.18 Å². The van der Waals surface area contributed by atoms with E-state index in [1.807, 2.05) is 0 Å². The number of halogens is 1. The van der Waals surface area contributed by atoms with E-state index in [1.54, 1.807) is 43.3 Å². The average Bonchev–Trinajstić information content (AvgIpc) is 2.73. The van der Waals surface area contributed by atoms with Gasteiger partial charge in [0.1, 0.15) is 11.5 Å². The molecule has 0 radical (unpaired) electrons. The van der Waals surface area contributed by atoms with Crippen molar-refractivity contribution in [1.29, 1.82) is 0 Å². The highest BCUT2D eigenvalue weighted by atomic mass is 19.1. The van der Waals surface area contributed by atoms with Crippen LogP contribution in [-0.4, -0.2) is 41.6 Å². The molecule has 2 rings (SSSR count). The molecule has 0 aliphatic heterocycles. The first-order valence-corrected chi connectivity index (χ1v) is 9.31. The van der Waals surface area contributed by atoms with Gasteiger partial charge in [-0.15, -0.1) is 0 Å². The number of hydrogen-bond donors (Lipinski definition) is 3. The number of hydrogen-bond acceptors (Lipinski definition) is 5. The van der Waals surface area contributed by atoms with Crippen LogP contribution in [0.25, 0.3) is 6.08 Å². The molecule has 0 spiro atoms. The minimum atomic E-state index is -1.37. The number of carbonyl (C=O) groups excluding carboxylic acids is 3. The second-order valence-corrected chi connectivity index (χ2v) is 6.34. The highest BCUT2D eigenvalue weighted by Gasteiger charge is 2.28. The van der Waals surface area contributed by atoms with Crippen LogP contribution >= 0.6 is 0 Å². The number of carbonyl (C=O) groups is 3. The standard InChI is InChI=1S/C22H23FN2O5/c1-3-30-22(29)19(14(2)26)25-21(28)18(13-16-11-7-8-12-17(16)23)24-20(27)15-9-5-4-6-10-15/h4-14,19,26H,3H2,1-2H3,(H,24,27)(H,25,28)/b18-13+/t14-,19+/m0/s1. The number of esters is 1. The first-order valence-electron chi connectivity index (χ1n) is 9.31. The van der Waals surface area contributed by atoms with Gasteiger partial charge in [0.05, 0.1) is 12.7 Å². The predicted molar refractivity (Wildman–Crippen MR) is 109 cm³/mol. The lowest BCUT2D eigenvalue weighted by Gasteiger charge is -2.20. The zero-order valence-corrected chi connectivity index (χ0v) is 16.6. The van der Waals surface area contributed by atoms with Crippen molar-refractivity contribution in [3.8, 4) is 0 Å². The molecular weight excluding hydrogens is 391 g/mol. The van der Waals surface area contributed by atoms with Crippen LogP contribution in [0.4, 0.5) is 4.39 Å². The molecular formula is C22H23FN2O5. The molecule has 0 aliphatic carbocycles. The minimum Gasteiger partial charge on any atom is -0.464 e. The zero-order valence-electron chi connectivity index (χ0n) is 16.6. The van der Waals surface area contributed by atoms with Gasteiger partial charge in [0.15, 0.2) is 6.04 Å². The maximum Gasteiger partial charge on any atom is 0.331 e. The van der Waals surface area contributed by atoms with Gasteiger partial charge in [0, 0.05) is 11.1 Å². The van der Waals surface area contributed by atoms with Gasteiger partial charge in [0.2, 0.25) is 0 Å². The fourth-order valence-corrected chi connectivity index (χ4v) is 2.52. The summed E-state index contributed by atoms with van der Waals surface area (Å²) in [5.41, 5.74) is 0.0341. The highest BCUT2D eigenvalue weighted by Crippen LogP contribution is 2.12. The number of aliphatic hydroxyl groups is 1. The Bertz CT molecular complexity index is 928. The van der Waals surface area contributed by atoms with Gasteiger partial charge in [-0.3, -0.25) is 9.59 Å². The van der Waals surface area contributed by atoms with E-state index in [2.05, 4.69) is 10.6 Å². The van der Waals surface area contributed by atoms with Gasteiger partial charge < -0.3 is 20.5 Å². The maximum absolute atomic E-state index is 14.1. The zero-order chi connectivity index (χ0) is 22.1. The molecule has 30 heavy (non-hydrogen) atoms. The van der Waals surface area contributed by atoms with Crippen LogP contribution in [0.2, 0.25) is 0 Å². The first-order chi connectivity index (χ1) is 14.3. The van der Waals surface area contributed by atoms with E-state index in [4.69, 9.17) is 4.74 Å². The summed E-state index contributed by atoms with van der Waals surface area (Å²) in [6.45, 7) is 2.95. The van der Waals surface area contributed by atoms with E-state index >= 15 is 0 Å². The summed E-state index contributed by atoms with van der Waals surface area (Å²) in [6, 6.07) is 12.4. The molecule has 0 saturated carbocycles. The third-order valence-electron chi connectivity index (χ3n) is 4.04. The van der Waals surface area contributed by atoms with Crippen LogP contribution in [0.1, 0.15) is 29.8 Å². The molecule has 2 aromatic carbocycles. The van der Waals surface area contributed by atoms with Crippen molar-refractivity contribution in [3.63, 3.8) is 0 Å². The molecule has 8 heteroatoms. The van der Waals surface area contributed by atoms with Crippen molar-refractivity contribution in [2.45, 2.75) is 26.0 Å². The Morgan fingerprint density at radius 1 is 1.10 bits per heavy atom. The number of ether oxygens (including phenoxy) is 1. The second-order valence-electron chi connectivity index (χ2n) is 6.34.